The van der Waals surface area contributed by atoms with E-state index in [0.717, 1.165) is 0 Å². The minimum absolute atomic E-state index is 0.0182. The van der Waals surface area contributed by atoms with Crippen molar-refractivity contribution < 1.29 is 18.8 Å². The van der Waals surface area contributed by atoms with Gasteiger partial charge >= 0.3 is 5.97 Å². The number of halogens is 2. The van der Waals surface area contributed by atoms with Crippen LogP contribution in [0, 0.1) is 0 Å². The van der Waals surface area contributed by atoms with E-state index in [9.17, 15) is 4.79 Å². The average molecular weight is 359 g/mol. The summed E-state index contributed by atoms with van der Waals surface area (Å²) in [7, 11) is 0. The molecule has 0 aliphatic carbocycles. The summed E-state index contributed by atoms with van der Waals surface area (Å²) >= 11 is 11.8. The molecule has 6 nitrogen and oxygen atoms in total. The zero-order valence-electron chi connectivity index (χ0n) is 12.6. The Morgan fingerprint density at radius 1 is 1.35 bits per heavy atom. The molecule has 0 atom stereocenters. The normalized spacial score (nSPS) is 10.6. The Morgan fingerprint density at radius 3 is 2.87 bits per heavy atom. The SMILES string of the molecule is CCc1noc(COC(=O)CCCOc2ccc(Cl)cc2Cl)n1. The smallest absolute Gasteiger partial charge is 0.306 e. The molecule has 0 N–H and O–H groups in total. The van der Waals surface area contributed by atoms with Gasteiger partial charge in [-0.1, -0.05) is 35.3 Å². The minimum Gasteiger partial charge on any atom is -0.492 e. The molecule has 2 rings (SSSR count). The first kappa shape index (κ1) is 17.6. The number of ether oxygens (including phenoxy) is 2. The van der Waals surface area contributed by atoms with E-state index in [4.69, 9.17) is 37.2 Å². The lowest BCUT2D eigenvalue weighted by Gasteiger charge is -2.08. The third-order valence-corrected chi connectivity index (χ3v) is 3.39. The van der Waals surface area contributed by atoms with Crippen LogP contribution in [0.15, 0.2) is 22.7 Å². The van der Waals surface area contributed by atoms with E-state index in [1.165, 1.54) is 0 Å². The zero-order valence-corrected chi connectivity index (χ0v) is 14.1. The number of hydrogen-bond acceptors (Lipinski definition) is 6. The standard InChI is InChI=1S/C15H16Cl2N2O4/c1-2-13-18-14(23-19-13)9-22-15(20)4-3-7-21-12-6-5-10(16)8-11(12)17/h5-6,8H,2-4,7,9H2,1H3. The molecule has 0 aliphatic rings. The van der Waals surface area contributed by atoms with Crippen molar-refractivity contribution in [2.24, 2.45) is 0 Å². The van der Waals surface area contributed by atoms with Crippen molar-refractivity contribution in [3.05, 3.63) is 40.0 Å². The van der Waals surface area contributed by atoms with Gasteiger partial charge in [0.15, 0.2) is 12.4 Å². The maximum atomic E-state index is 11.6. The van der Waals surface area contributed by atoms with Crippen LogP contribution in [0.4, 0.5) is 0 Å². The average Bonchev–Trinajstić information content (AvgIpc) is 2.99. The predicted molar refractivity (Wildman–Crippen MR) is 84.7 cm³/mol. The fourth-order valence-electron chi connectivity index (χ4n) is 1.70. The number of carbonyl (C=O) groups excluding carboxylic acids is 1. The second kappa shape index (κ2) is 8.74. The Kier molecular flexibility index (Phi) is 6.67. The second-order valence-corrected chi connectivity index (χ2v) is 5.49. The van der Waals surface area contributed by atoms with Crippen LogP contribution in [0.3, 0.4) is 0 Å². The molecule has 0 radical (unpaired) electrons. The van der Waals surface area contributed by atoms with Crippen LogP contribution in [0.25, 0.3) is 0 Å². The second-order valence-electron chi connectivity index (χ2n) is 4.65. The molecule has 0 unspecified atom stereocenters. The summed E-state index contributed by atoms with van der Waals surface area (Å²) in [6, 6.07) is 4.97. The molecule has 1 heterocycles. The van der Waals surface area contributed by atoms with E-state index >= 15 is 0 Å². The molecule has 0 spiro atoms. The Bertz CT molecular complexity index is 661. The highest BCUT2D eigenvalue weighted by molar-refractivity contribution is 6.35. The highest BCUT2D eigenvalue weighted by Gasteiger charge is 2.09. The van der Waals surface area contributed by atoms with Crippen molar-refractivity contribution in [2.75, 3.05) is 6.61 Å². The quantitative estimate of drug-likeness (QED) is 0.527. The zero-order chi connectivity index (χ0) is 16.7. The number of nitrogens with zero attached hydrogens (tertiary/aromatic N) is 2. The summed E-state index contributed by atoms with van der Waals surface area (Å²) in [6.45, 7) is 2.24. The van der Waals surface area contributed by atoms with Gasteiger partial charge in [-0.2, -0.15) is 4.98 Å². The highest BCUT2D eigenvalue weighted by atomic mass is 35.5. The third kappa shape index (κ3) is 5.73. The van der Waals surface area contributed by atoms with Crippen LogP contribution in [0.1, 0.15) is 31.5 Å². The lowest BCUT2D eigenvalue weighted by atomic mass is 10.3. The van der Waals surface area contributed by atoms with Crippen LogP contribution in [-0.2, 0) is 22.6 Å². The molecular formula is C15H16Cl2N2O4. The van der Waals surface area contributed by atoms with E-state index in [1.54, 1.807) is 18.2 Å². The number of aromatic nitrogens is 2. The van der Waals surface area contributed by atoms with Crippen LogP contribution >= 0.6 is 23.2 Å². The molecule has 2 aromatic rings. The number of rotatable bonds is 8. The van der Waals surface area contributed by atoms with Gasteiger partial charge in [0.1, 0.15) is 5.75 Å². The van der Waals surface area contributed by atoms with E-state index < -0.39 is 0 Å². The van der Waals surface area contributed by atoms with Crippen LogP contribution < -0.4 is 4.74 Å². The number of carbonyl (C=O) groups is 1. The van der Waals surface area contributed by atoms with Gasteiger partial charge in [-0.05, 0) is 24.6 Å². The number of aryl methyl sites for hydroxylation is 1. The Labute approximate surface area is 143 Å². The first-order chi connectivity index (χ1) is 11.1. The summed E-state index contributed by atoms with van der Waals surface area (Å²) in [5.41, 5.74) is 0. The molecule has 1 aromatic carbocycles. The number of benzene rings is 1. The van der Waals surface area contributed by atoms with Crippen LogP contribution in [0.5, 0.6) is 5.75 Å². The maximum absolute atomic E-state index is 11.6. The maximum Gasteiger partial charge on any atom is 0.306 e. The number of hydrogen-bond donors (Lipinski definition) is 0. The molecule has 0 fully saturated rings. The Balaban J connectivity index is 1.64. The largest absolute Gasteiger partial charge is 0.492 e. The van der Waals surface area contributed by atoms with E-state index in [2.05, 4.69) is 10.1 Å². The van der Waals surface area contributed by atoms with Crippen molar-refractivity contribution in [1.29, 1.82) is 0 Å². The van der Waals surface area contributed by atoms with Crippen molar-refractivity contribution in [1.82, 2.24) is 10.1 Å². The minimum atomic E-state index is -0.355. The van der Waals surface area contributed by atoms with Crippen molar-refractivity contribution in [3.8, 4) is 5.75 Å². The molecule has 0 saturated carbocycles. The molecule has 0 saturated heterocycles. The molecule has 8 heteroatoms. The topological polar surface area (TPSA) is 74.5 Å². The van der Waals surface area contributed by atoms with Gasteiger partial charge in [0.05, 0.1) is 11.6 Å². The first-order valence-electron chi connectivity index (χ1n) is 7.13. The lowest BCUT2D eigenvalue weighted by molar-refractivity contribution is -0.146. The van der Waals surface area contributed by atoms with Gasteiger partial charge < -0.3 is 14.0 Å². The van der Waals surface area contributed by atoms with Gasteiger partial charge in [-0.15, -0.1) is 0 Å². The summed E-state index contributed by atoms with van der Waals surface area (Å²) in [6.07, 6.45) is 1.39. The van der Waals surface area contributed by atoms with Gasteiger partial charge in [0, 0.05) is 17.9 Å². The summed E-state index contributed by atoms with van der Waals surface area (Å²) in [5, 5.41) is 4.69. The monoisotopic (exact) mass is 358 g/mol. The fraction of sp³-hybridized carbons (Fsp3) is 0.400. The molecule has 0 amide bonds. The predicted octanol–water partition coefficient (Wildman–Crippen LogP) is 3.84. The summed E-state index contributed by atoms with van der Waals surface area (Å²) < 4.78 is 15.5. The molecular weight excluding hydrogens is 343 g/mol. The fourth-order valence-corrected chi connectivity index (χ4v) is 2.16. The van der Waals surface area contributed by atoms with E-state index in [1.807, 2.05) is 6.92 Å². The molecule has 23 heavy (non-hydrogen) atoms. The number of esters is 1. The van der Waals surface area contributed by atoms with Gasteiger partial charge in [0.25, 0.3) is 5.89 Å². The van der Waals surface area contributed by atoms with E-state index in [-0.39, 0.29) is 19.0 Å². The summed E-state index contributed by atoms with van der Waals surface area (Å²) in [5.74, 6) is 1.05. The lowest BCUT2D eigenvalue weighted by Crippen LogP contribution is -2.07. The van der Waals surface area contributed by atoms with Gasteiger partial charge in [-0.3, -0.25) is 4.79 Å². The highest BCUT2D eigenvalue weighted by Crippen LogP contribution is 2.27. The van der Waals surface area contributed by atoms with Gasteiger partial charge in [0.2, 0.25) is 0 Å². The first-order valence-corrected chi connectivity index (χ1v) is 7.89. The van der Waals surface area contributed by atoms with Crippen LogP contribution in [-0.4, -0.2) is 22.7 Å². The molecule has 124 valence electrons. The van der Waals surface area contributed by atoms with E-state index in [0.29, 0.717) is 47.0 Å². The van der Waals surface area contributed by atoms with Crippen molar-refractivity contribution in [3.63, 3.8) is 0 Å². The molecule has 0 aliphatic heterocycles. The Hall–Kier alpha value is -1.79. The van der Waals surface area contributed by atoms with Gasteiger partial charge in [-0.25, -0.2) is 0 Å². The van der Waals surface area contributed by atoms with Crippen LogP contribution in [0.2, 0.25) is 10.0 Å². The van der Waals surface area contributed by atoms with Crippen molar-refractivity contribution >= 4 is 29.2 Å². The third-order valence-electron chi connectivity index (χ3n) is 2.86. The molecule has 1 aromatic heterocycles. The Morgan fingerprint density at radius 2 is 2.17 bits per heavy atom. The summed E-state index contributed by atoms with van der Waals surface area (Å²) in [4.78, 5) is 15.7. The molecule has 0 bridgehead atoms. The van der Waals surface area contributed by atoms with Crippen molar-refractivity contribution in [2.45, 2.75) is 32.8 Å².